The summed E-state index contributed by atoms with van der Waals surface area (Å²) < 4.78 is 0. The molecule has 0 aliphatic rings. The second-order valence-corrected chi connectivity index (χ2v) is 7.62. The van der Waals surface area contributed by atoms with Crippen LogP contribution in [0.2, 0.25) is 0 Å². The Labute approximate surface area is 182 Å². The van der Waals surface area contributed by atoms with Gasteiger partial charge in [0.2, 0.25) is 0 Å². The van der Waals surface area contributed by atoms with Gasteiger partial charge >= 0.3 is 0 Å². The van der Waals surface area contributed by atoms with E-state index in [0.29, 0.717) is 11.4 Å². The number of hydrogen-bond donors (Lipinski definition) is 2. The first-order valence-corrected chi connectivity index (χ1v) is 10.1. The summed E-state index contributed by atoms with van der Waals surface area (Å²) in [4.78, 5) is 21.4. The van der Waals surface area contributed by atoms with Crippen molar-refractivity contribution < 1.29 is 4.79 Å². The number of amides is 1. The van der Waals surface area contributed by atoms with Gasteiger partial charge in [0.05, 0.1) is 5.69 Å². The van der Waals surface area contributed by atoms with Crippen molar-refractivity contribution in [2.24, 2.45) is 0 Å². The van der Waals surface area contributed by atoms with E-state index in [1.165, 1.54) is 17.5 Å². The van der Waals surface area contributed by atoms with Gasteiger partial charge in [0, 0.05) is 28.6 Å². The highest BCUT2D eigenvalue weighted by molar-refractivity contribution is 6.04. The number of rotatable bonds is 5. The van der Waals surface area contributed by atoms with E-state index in [2.05, 4.69) is 39.7 Å². The zero-order valence-corrected chi connectivity index (χ0v) is 17.8. The summed E-state index contributed by atoms with van der Waals surface area (Å²) in [6, 6.07) is 23.3. The average Bonchev–Trinajstić information content (AvgIpc) is 2.77. The minimum absolute atomic E-state index is 0.157. The first-order chi connectivity index (χ1) is 15.0. The van der Waals surface area contributed by atoms with Gasteiger partial charge in [-0.1, -0.05) is 35.9 Å². The van der Waals surface area contributed by atoms with Gasteiger partial charge in [-0.2, -0.15) is 0 Å². The number of nitrogens with zero attached hydrogens (tertiary/aromatic N) is 2. The number of hydrogen-bond acceptors (Lipinski definition) is 4. The van der Waals surface area contributed by atoms with E-state index in [1.54, 1.807) is 6.07 Å². The standard InChI is InChI=1S/C26H24N4O/c1-17-6-4-7-20(12-17)24-15-25(28-16-27-24)29-22-9-5-8-21(14-22)26(31)30-23-11-10-18(2)19(3)13-23/h4-16H,1-3H3,(H,30,31)(H,27,28,29). The van der Waals surface area contributed by atoms with Crippen LogP contribution in [0.1, 0.15) is 27.0 Å². The number of benzene rings is 3. The van der Waals surface area contributed by atoms with Crippen molar-refractivity contribution in [1.29, 1.82) is 0 Å². The van der Waals surface area contributed by atoms with Gasteiger partial charge in [0.15, 0.2) is 0 Å². The fraction of sp³-hybridized carbons (Fsp3) is 0.115. The molecule has 1 aromatic heterocycles. The molecule has 0 atom stereocenters. The van der Waals surface area contributed by atoms with Crippen molar-refractivity contribution in [3.8, 4) is 11.3 Å². The molecule has 4 rings (SSSR count). The second-order valence-electron chi connectivity index (χ2n) is 7.62. The van der Waals surface area contributed by atoms with E-state index < -0.39 is 0 Å². The maximum Gasteiger partial charge on any atom is 0.255 e. The normalized spacial score (nSPS) is 10.5. The SMILES string of the molecule is Cc1cccc(-c2cc(Nc3cccc(C(=O)Nc4ccc(C)c(C)c4)c3)ncn2)c1. The van der Waals surface area contributed by atoms with Crippen LogP contribution in [0.15, 0.2) is 79.1 Å². The molecule has 0 saturated heterocycles. The minimum atomic E-state index is -0.157. The van der Waals surface area contributed by atoms with Crippen LogP contribution in [0.5, 0.6) is 0 Å². The molecule has 0 aliphatic carbocycles. The molecule has 0 saturated carbocycles. The van der Waals surface area contributed by atoms with Crippen LogP contribution >= 0.6 is 0 Å². The molecular weight excluding hydrogens is 384 g/mol. The Kier molecular flexibility index (Phi) is 5.76. The molecule has 0 spiro atoms. The Morgan fingerprint density at radius 3 is 2.42 bits per heavy atom. The van der Waals surface area contributed by atoms with E-state index in [4.69, 9.17) is 0 Å². The van der Waals surface area contributed by atoms with Gasteiger partial charge in [-0.05, 0) is 68.3 Å². The quantitative estimate of drug-likeness (QED) is 0.421. The lowest BCUT2D eigenvalue weighted by Crippen LogP contribution is -2.12. The Hall–Kier alpha value is -3.99. The van der Waals surface area contributed by atoms with Crippen LogP contribution in [-0.4, -0.2) is 15.9 Å². The molecule has 5 heteroatoms. The monoisotopic (exact) mass is 408 g/mol. The Morgan fingerprint density at radius 2 is 1.61 bits per heavy atom. The molecule has 3 aromatic carbocycles. The van der Waals surface area contributed by atoms with Gasteiger partial charge in [-0.3, -0.25) is 4.79 Å². The average molecular weight is 409 g/mol. The molecule has 1 amide bonds. The molecule has 0 fully saturated rings. The van der Waals surface area contributed by atoms with Crippen LogP contribution in [-0.2, 0) is 0 Å². The summed E-state index contributed by atoms with van der Waals surface area (Å²) in [5.41, 5.74) is 7.51. The van der Waals surface area contributed by atoms with E-state index in [0.717, 1.165) is 28.2 Å². The lowest BCUT2D eigenvalue weighted by molar-refractivity contribution is 0.102. The molecule has 1 heterocycles. The molecule has 31 heavy (non-hydrogen) atoms. The predicted octanol–water partition coefficient (Wildman–Crippen LogP) is 6.06. The van der Waals surface area contributed by atoms with Gasteiger partial charge in [-0.15, -0.1) is 0 Å². The molecule has 0 unspecified atom stereocenters. The summed E-state index contributed by atoms with van der Waals surface area (Å²) in [5.74, 6) is 0.508. The van der Waals surface area contributed by atoms with Crippen LogP contribution in [0, 0.1) is 20.8 Å². The topological polar surface area (TPSA) is 66.9 Å². The fourth-order valence-electron chi connectivity index (χ4n) is 3.30. The fourth-order valence-corrected chi connectivity index (χ4v) is 3.30. The Balaban J connectivity index is 1.51. The second kappa shape index (κ2) is 8.79. The van der Waals surface area contributed by atoms with E-state index >= 15 is 0 Å². The first-order valence-electron chi connectivity index (χ1n) is 10.1. The molecular formula is C26H24N4O. The third-order valence-electron chi connectivity index (χ3n) is 5.14. The van der Waals surface area contributed by atoms with Crippen LogP contribution in [0.25, 0.3) is 11.3 Å². The summed E-state index contributed by atoms with van der Waals surface area (Å²) in [5, 5.41) is 6.23. The Bertz CT molecular complexity index is 1250. The molecule has 0 aliphatic heterocycles. The first kappa shape index (κ1) is 20.3. The number of aromatic nitrogens is 2. The molecule has 0 bridgehead atoms. The largest absolute Gasteiger partial charge is 0.340 e. The summed E-state index contributed by atoms with van der Waals surface area (Å²) in [6.45, 7) is 6.13. The number of nitrogens with one attached hydrogen (secondary N) is 2. The highest BCUT2D eigenvalue weighted by Gasteiger charge is 2.09. The predicted molar refractivity (Wildman–Crippen MR) is 126 cm³/mol. The molecule has 4 aromatic rings. The van der Waals surface area contributed by atoms with Crippen LogP contribution < -0.4 is 10.6 Å². The number of carbonyl (C=O) groups excluding carboxylic acids is 1. The number of carbonyl (C=O) groups is 1. The number of anilines is 3. The third kappa shape index (κ3) is 4.95. The summed E-state index contributed by atoms with van der Waals surface area (Å²) in [7, 11) is 0. The van der Waals surface area contributed by atoms with E-state index in [9.17, 15) is 4.79 Å². The van der Waals surface area contributed by atoms with Gasteiger partial charge < -0.3 is 10.6 Å². The van der Waals surface area contributed by atoms with Gasteiger partial charge in [-0.25, -0.2) is 9.97 Å². The zero-order valence-electron chi connectivity index (χ0n) is 17.8. The molecule has 154 valence electrons. The highest BCUT2D eigenvalue weighted by atomic mass is 16.1. The summed E-state index contributed by atoms with van der Waals surface area (Å²) in [6.07, 6.45) is 1.54. The van der Waals surface area contributed by atoms with Crippen molar-refractivity contribution in [2.75, 3.05) is 10.6 Å². The minimum Gasteiger partial charge on any atom is -0.340 e. The molecule has 5 nitrogen and oxygen atoms in total. The van der Waals surface area contributed by atoms with Crippen molar-refractivity contribution in [1.82, 2.24) is 9.97 Å². The lowest BCUT2D eigenvalue weighted by Gasteiger charge is -2.10. The summed E-state index contributed by atoms with van der Waals surface area (Å²) >= 11 is 0. The maximum absolute atomic E-state index is 12.7. The van der Waals surface area contributed by atoms with Crippen LogP contribution in [0.3, 0.4) is 0 Å². The van der Waals surface area contributed by atoms with Crippen molar-refractivity contribution >= 4 is 23.1 Å². The number of aryl methyl sites for hydroxylation is 3. The maximum atomic E-state index is 12.7. The van der Waals surface area contributed by atoms with Gasteiger partial charge in [0.1, 0.15) is 12.1 Å². The third-order valence-corrected chi connectivity index (χ3v) is 5.14. The Morgan fingerprint density at radius 1 is 0.774 bits per heavy atom. The van der Waals surface area contributed by atoms with Gasteiger partial charge in [0.25, 0.3) is 5.91 Å². The lowest BCUT2D eigenvalue weighted by atomic mass is 10.1. The smallest absolute Gasteiger partial charge is 0.255 e. The van der Waals surface area contributed by atoms with Crippen LogP contribution in [0.4, 0.5) is 17.2 Å². The van der Waals surface area contributed by atoms with E-state index in [1.807, 2.05) is 68.4 Å². The zero-order chi connectivity index (χ0) is 21.8. The molecule has 2 N–H and O–H groups in total. The van der Waals surface area contributed by atoms with Crippen molar-refractivity contribution in [3.05, 3.63) is 101 Å². The molecule has 0 radical (unpaired) electrons. The highest BCUT2D eigenvalue weighted by Crippen LogP contribution is 2.23. The van der Waals surface area contributed by atoms with E-state index in [-0.39, 0.29) is 5.91 Å². The van der Waals surface area contributed by atoms with Crippen molar-refractivity contribution in [3.63, 3.8) is 0 Å². The van der Waals surface area contributed by atoms with Crippen molar-refractivity contribution in [2.45, 2.75) is 20.8 Å².